The number of nitrogens with one attached hydrogen (secondary N) is 2. The van der Waals surface area contributed by atoms with Crippen LogP contribution in [0.25, 0.3) is 0 Å². The van der Waals surface area contributed by atoms with E-state index in [0.29, 0.717) is 13.2 Å². The molecule has 0 aliphatic carbocycles. The highest BCUT2D eigenvalue weighted by Crippen LogP contribution is 2.32. The van der Waals surface area contributed by atoms with Gasteiger partial charge in [0.15, 0.2) is 0 Å². The van der Waals surface area contributed by atoms with Crippen LogP contribution in [0.3, 0.4) is 0 Å². The molecule has 20 heavy (non-hydrogen) atoms. The summed E-state index contributed by atoms with van der Waals surface area (Å²) >= 11 is 17.6. The number of morpholine rings is 1. The molecule has 1 heterocycles. The van der Waals surface area contributed by atoms with Gasteiger partial charge in [-0.05, 0) is 12.1 Å². The number of benzene rings is 1. The van der Waals surface area contributed by atoms with E-state index in [2.05, 4.69) is 10.0 Å². The van der Waals surface area contributed by atoms with Crippen molar-refractivity contribution in [1.82, 2.24) is 10.0 Å². The molecule has 112 valence electrons. The van der Waals surface area contributed by atoms with E-state index < -0.39 is 10.0 Å². The Kier molecular flexibility index (Phi) is 5.53. The van der Waals surface area contributed by atoms with Crippen LogP contribution in [0.15, 0.2) is 17.0 Å². The van der Waals surface area contributed by atoms with Crippen LogP contribution < -0.4 is 10.0 Å². The standard InChI is InChI=1S/C11H13Cl3N2O3S/c12-7-3-9(13)11(10(14)4-7)20(17,18)16-6-8-5-15-1-2-19-8/h3-4,8,15-16H,1-2,5-6H2. The van der Waals surface area contributed by atoms with Crippen molar-refractivity contribution in [3.05, 3.63) is 27.2 Å². The number of hydrogen-bond donors (Lipinski definition) is 2. The third-order valence-electron chi connectivity index (χ3n) is 2.74. The van der Waals surface area contributed by atoms with Gasteiger partial charge in [-0.1, -0.05) is 34.8 Å². The van der Waals surface area contributed by atoms with Gasteiger partial charge in [0.1, 0.15) is 4.90 Å². The number of rotatable bonds is 4. The van der Waals surface area contributed by atoms with Crippen LogP contribution in [0, 0.1) is 0 Å². The lowest BCUT2D eigenvalue weighted by molar-refractivity contribution is 0.0324. The fraction of sp³-hybridized carbons (Fsp3) is 0.455. The van der Waals surface area contributed by atoms with Crippen molar-refractivity contribution < 1.29 is 13.2 Å². The smallest absolute Gasteiger partial charge is 0.243 e. The van der Waals surface area contributed by atoms with Gasteiger partial charge in [-0.25, -0.2) is 13.1 Å². The molecule has 1 aliphatic rings. The van der Waals surface area contributed by atoms with Gasteiger partial charge < -0.3 is 10.1 Å². The minimum Gasteiger partial charge on any atom is -0.374 e. The summed E-state index contributed by atoms with van der Waals surface area (Å²) in [6.07, 6.45) is -0.219. The average Bonchev–Trinajstić information content (AvgIpc) is 2.36. The van der Waals surface area contributed by atoms with E-state index in [-0.39, 0.29) is 32.6 Å². The maximum absolute atomic E-state index is 12.2. The van der Waals surface area contributed by atoms with Crippen molar-refractivity contribution >= 4 is 44.8 Å². The van der Waals surface area contributed by atoms with Crippen molar-refractivity contribution in [1.29, 1.82) is 0 Å². The Morgan fingerprint density at radius 3 is 2.50 bits per heavy atom. The van der Waals surface area contributed by atoms with Gasteiger partial charge in [0.25, 0.3) is 0 Å². The van der Waals surface area contributed by atoms with E-state index in [9.17, 15) is 8.42 Å². The number of sulfonamides is 1. The zero-order valence-electron chi connectivity index (χ0n) is 10.3. The lowest BCUT2D eigenvalue weighted by Gasteiger charge is -2.23. The zero-order valence-corrected chi connectivity index (χ0v) is 13.4. The minimum absolute atomic E-state index is 0.0160. The van der Waals surface area contributed by atoms with E-state index in [1.54, 1.807) is 0 Å². The first kappa shape index (κ1) is 16.3. The van der Waals surface area contributed by atoms with Gasteiger partial charge >= 0.3 is 0 Å². The van der Waals surface area contributed by atoms with Gasteiger partial charge in [0.05, 0.1) is 22.8 Å². The summed E-state index contributed by atoms with van der Waals surface area (Å²) in [6, 6.07) is 2.67. The van der Waals surface area contributed by atoms with Gasteiger partial charge in [0.2, 0.25) is 10.0 Å². The molecule has 2 rings (SSSR count). The molecule has 1 aromatic rings. The number of hydrogen-bond acceptors (Lipinski definition) is 4. The van der Waals surface area contributed by atoms with Gasteiger partial charge in [-0.15, -0.1) is 0 Å². The van der Waals surface area contributed by atoms with Crippen LogP contribution in [0.2, 0.25) is 15.1 Å². The highest BCUT2D eigenvalue weighted by atomic mass is 35.5. The highest BCUT2D eigenvalue weighted by Gasteiger charge is 2.24. The van der Waals surface area contributed by atoms with Crippen molar-refractivity contribution in [2.75, 3.05) is 26.2 Å². The van der Waals surface area contributed by atoms with E-state index in [1.807, 2.05) is 0 Å². The second-order valence-electron chi connectivity index (χ2n) is 4.25. The molecule has 1 aromatic carbocycles. The van der Waals surface area contributed by atoms with E-state index in [1.165, 1.54) is 12.1 Å². The number of ether oxygens (including phenoxy) is 1. The molecule has 1 unspecified atom stereocenters. The van der Waals surface area contributed by atoms with Crippen LogP contribution in [0.1, 0.15) is 0 Å². The summed E-state index contributed by atoms with van der Waals surface area (Å²) in [5.74, 6) is 0. The van der Waals surface area contributed by atoms with Gasteiger partial charge in [0, 0.05) is 24.7 Å². The fourth-order valence-electron chi connectivity index (χ4n) is 1.81. The summed E-state index contributed by atoms with van der Waals surface area (Å²) in [6.45, 7) is 2.04. The SMILES string of the molecule is O=S(=O)(NCC1CNCCO1)c1c(Cl)cc(Cl)cc1Cl. The molecule has 5 nitrogen and oxygen atoms in total. The molecule has 0 bridgehead atoms. The first-order valence-corrected chi connectivity index (χ1v) is 8.48. The lowest BCUT2D eigenvalue weighted by Crippen LogP contribution is -2.45. The third-order valence-corrected chi connectivity index (χ3v) is 5.30. The quantitative estimate of drug-likeness (QED) is 0.862. The average molecular weight is 360 g/mol. The Balaban J connectivity index is 2.14. The number of halogens is 3. The van der Waals surface area contributed by atoms with Crippen LogP contribution in [-0.2, 0) is 14.8 Å². The van der Waals surface area contributed by atoms with Crippen LogP contribution in [0.4, 0.5) is 0 Å². The molecule has 0 amide bonds. The first-order valence-electron chi connectivity index (χ1n) is 5.86. The van der Waals surface area contributed by atoms with Crippen LogP contribution >= 0.6 is 34.8 Å². The maximum atomic E-state index is 12.2. The second-order valence-corrected chi connectivity index (χ2v) is 7.20. The molecule has 1 fully saturated rings. The molecular formula is C11H13Cl3N2O3S. The Morgan fingerprint density at radius 2 is 1.95 bits per heavy atom. The summed E-state index contributed by atoms with van der Waals surface area (Å²) in [4.78, 5) is -0.172. The van der Waals surface area contributed by atoms with Crippen molar-refractivity contribution in [3.8, 4) is 0 Å². The van der Waals surface area contributed by atoms with Gasteiger partial charge in [-0.3, -0.25) is 0 Å². The van der Waals surface area contributed by atoms with E-state index >= 15 is 0 Å². The molecule has 0 aromatic heterocycles. The topological polar surface area (TPSA) is 67.4 Å². The summed E-state index contributed by atoms with van der Waals surface area (Å²) in [5.41, 5.74) is 0. The minimum atomic E-state index is -3.82. The first-order chi connectivity index (χ1) is 9.40. The summed E-state index contributed by atoms with van der Waals surface area (Å²) in [7, 11) is -3.82. The highest BCUT2D eigenvalue weighted by molar-refractivity contribution is 7.89. The molecule has 9 heteroatoms. The Labute approximate surface area is 132 Å². The third kappa shape index (κ3) is 3.98. The molecule has 2 N–H and O–H groups in total. The lowest BCUT2D eigenvalue weighted by atomic mass is 10.3. The maximum Gasteiger partial charge on any atom is 0.243 e. The van der Waals surface area contributed by atoms with Crippen LogP contribution in [-0.4, -0.2) is 40.8 Å². The van der Waals surface area contributed by atoms with Crippen molar-refractivity contribution in [2.45, 2.75) is 11.0 Å². The predicted octanol–water partition coefficient (Wildman–Crippen LogP) is 1.91. The Morgan fingerprint density at radius 1 is 1.30 bits per heavy atom. The van der Waals surface area contributed by atoms with Crippen molar-refractivity contribution in [2.24, 2.45) is 0 Å². The largest absolute Gasteiger partial charge is 0.374 e. The van der Waals surface area contributed by atoms with Crippen molar-refractivity contribution in [3.63, 3.8) is 0 Å². The molecule has 0 spiro atoms. The van der Waals surface area contributed by atoms with E-state index in [4.69, 9.17) is 39.5 Å². The Hall–Kier alpha value is -0.0800. The molecule has 0 saturated carbocycles. The monoisotopic (exact) mass is 358 g/mol. The molecule has 0 radical (unpaired) electrons. The fourth-order valence-corrected chi connectivity index (χ4v) is 4.42. The van der Waals surface area contributed by atoms with Gasteiger partial charge in [-0.2, -0.15) is 0 Å². The van der Waals surface area contributed by atoms with Crippen LogP contribution in [0.5, 0.6) is 0 Å². The molecule has 1 atom stereocenters. The second kappa shape index (κ2) is 6.79. The summed E-state index contributed by atoms with van der Waals surface area (Å²) in [5, 5.41) is 3.36. The van der Waals surface area contributed by atoms with E-state index in [0.717, 1.165) is 6.54 Å². The normalized spacial score (nSPS) is 20.1. The molecular weight excluding hydrogens is 347 g/mol. The zero-order chi connectivity index (χ0) is 14.8. The molecule has 1 aliphatic heterocycles. The predicted molar refractivity (Wildman–Crippen MR) is 79.3 cm³/mol. The molecule has 1 saturated heterocycles. The Bertz CT molecular complexity index is 566. The summed E-state index contributed by atoms with van der Waals surface area (Å²) < 4.78 is 32.3.